The van der Waals surface area contributed by atoms with Gasteiger partial charge in [0.05, 0.1) is 12.6 Å². The van der Waals surface area contributed by atoms with E-state index in [2.05, 4.69) is 10.6 Å². The molecule has 0 heterocycles. The second-order valence-electron chi connectivity index (χ2n) is 5.83. The van der Waals surface area contributed by atoms with Gasteiger partial charge in [0, 0.05) is 6.26 Å². The summed E-state index contributed by atoms with van der Waals surface area (Å²) in [7, 11) is -3.59. The lowest BCUT2D eigenvalue weighted by Crippen LogP contribution is -2.36. The molecule has 0 aromatic heterocycles. The van der Waals surface area contributed by atoms with Crippen molar-refractivity contribution in [3.05, 3.63) is 29.6 Å². The van der Waals surface area contributed by atoms with E-state index in [1.54, 1.807) is 6.92 Å². The van der Waals surface area contributed by atoms with Crippen molar-refractivity contribution in [2.24, 2.45) is 5.92 Å². The second-order valence-corrected chi connectivity index (χ2v) is 7.81. The van der Waals surface area contributed by atoms with Crippen molar-refractivity contribution in [2.75, 3.05) is 19.3 Å². The van der Waals surface area contributed by atoms with Crippen LogP contribution in [0.15, 0.2) is 23.1 Å². The third-order valence-electron chi connectivity index (χ3n) is 3.65. The zero-order chi connectivity index (χ0) is 16.3. The lowest BCUT2D eigenvalue weighted by atomic mass is 10.1. The molecule has 1 aliphatic carbocycles. The fraction of sp³-hybridized carbons (Fsp3) is 0.533. The average molecular weight is 365 g/mol. The van der Waals surface area contributed by atoms with Gasteiger partial charge in [0.1, 0.15) is 10.7 Å². The third-order valence-corrected chi connectivity index (χ3v) is 4.78. The highest BCUT2D eigenvalue weighted by Gasteiger charge is 2.21. The van der Waals surface area contributed by atoms with Gasteiger partial charge in [-0.3, -0.25) is 4.79 Å². The number of carbonyl (C=O) groups is 1. The van der Waals surface area contributed by atoms with E-state index in [0.29, 0.717) is 11.5 Å². The van der Waals surface area contributed by atoms with Crippen LogP contribution in [-0.4, -0.2) is 33.7 Å². The number of amides is 1. The Balaban J connectivity index is 0.00000264. The molecule has 0 aliphatic heterocycles. The van der Waals surface area contributed by atoms with Gasteiger partial charge in [-0.1, -0.05) is 6.07 Å². The molecule has 1 amide bonds. The van der Waals surface area contributed by atoms with E-state index in [4.69, 9.17) is 0 Å². The Kier molecular flexibility index (Phi) is 6.98. The highest BCUT2D eigenvalue weighted by molar-refractivity contribution is 7.90. The maximum atomic E-state index is 13.8. The highest BCUT2D eigenvalue weighted by atomic mass is 35.5. The van der Waals surface area contributed by atoms with Crippen LogP contribution in [0.25, 0.3) is 0 Å². The molecule has 1 fully saturated rings. The summed E-state index contributed by atoms with van der Waals surface area (Å²) in [6, 6.07) is 3.51. The maximum Gasteiger partial charge on any atom is 0.234 e. The predicted molar refractivity (Wildman–Crippen MR) is 88.9 cm³/mol. The van der Waals surface area contributed by atoms with Gasteiger partial charge in [0.2, 0.25) is 5.91 Å². The van der Waals surface area contributed by atoms with Crippen LogP contribution in [0.4, 0.5) is 4.39 Å². The predicted octanol–water partition coefficient (Wildman–Crippen LogP) is 1.83. The molecule has 0 saturated heterocycles. The number of carbonyl (C=O) groups excluding carboxylic acids is 1. The highest BCUT2D eigenvalue weighted by Crippen LogP contribution is 2.27. The molecule has 1 atom stereocenters. The van der Waals surface area contributed by atoms with Crippen LogP contribution in [0.5, 0.6) is 0 Å². The van der Waals surface area contributed by atoms with Crippen LogP contribution in [0.1, 0.15) is 31.4 Å². The zero-order valence-electron chi connectivity index (χ0n) is 13.1. The van der Waals surface area contributed by atoms with Crippen LogP contribution >= 0.6 is 12.4 Å². The molecule has 0 radical (unpaired) electrons. The van der Waals surface area contributed by atoms with Crippen molar-refractivity contribution < 1.29 is 17.6 Å². The largest absolute Gasteiger partial charge is 0.348 e. The summed E-state index contributed by atoms with van der Waals surface area (Å²) in [5.41, 5.74) is 0.528. The van der Waals surface area contributed by atoms with E-state index in [1.807, 2.05) is 0 Å². The molecule has 2 rings (SSSR count). The molecule has 1 aromatic carbocycles. The number of hydrogen-bond donors (Lipinski definition) is 2. The molecular weight excluding hydrogens is 343 g/mol. The number of rotatable bonds is 7. The fourth-order valence-corrected chi connectivity index (χ4v) is 2.90. The summed E-state index contributed by atoms with van der Waals surface area (Å²) in [6.07, 6.45) is 3.40. The van der Waals surface area contributed by atoms with Gasteiger partial charge in [0.15, 0.2) is 9.84 Å². The lowest BCUT2D eigenvalue weighted by molar-refractivity contribution is -0.120. The van der Waals surface area contributed by atoms with E-state index < -0.39 is 21.7 Å². The minimum atomic E-state index is -3.59. The Morgan fingerprint density at radius 3 is 2.57 bits per heavy atom. The van der Waals surface area contributed by atoms with Crippen molar-refractivity contribution in [1.82, 2.24) is 10.6 Å². The van der Waals surface area contributed by atoms with Gasteiger partial charge in [-0.05, 0) is 49.9 Å². The number of benzene rings is 1. The van der Waals surface area contributed by atoms with Gasteiger partial charge in [-0.15, -0.1) is 12.4 Å². The van der Waals surface area contributed by atoms with E-state index in [-0.39, 0.29) is 29.8 Å². The summed E-state index contributed by atoms with van der Waals surface area (Å²) in [4.78, 5) is 11.4. The van der Waals surface area contributed by atoms with Gasteiger partial charge in [-0.25, -0.2) is 12.8 Å². The molecular formula is C15H22ClFN2O3S. The number of hydrogen-bond acceptors (Lipinski definition) is 4. The van der Waals surface area contributed by atoms with Crippen molar-refractivity contribution >= 4 is 28.2 Å². The van der Waals surface area contributed by atoms with Crippen LogP contribution < -0.4 is 10.6 Å². The Labute approximate surface area is 142 Å². The van der Waals surface area contributed by atoms with Crippen molar-refractivity contribution in [1.29, 1.82) is 0 Å². The molecule has 23 heavy (non-hydrogen) atoms. The van der Waals surface area contributed by atoms with E-state index in [1.165, 1.54) is 25.0 Å². The second kappa shape index (κ2) is 8.08. The van der Waals surface area contributed by atoms with Crippen LogP contribution in [0.2, 0.25) is 0 Å². The first-order chi connectivity index (χ1) is 10.3. The Hall–Kier alpha value is -1.18. The van der Waals surface area contributed by atoms with Crippen molar-refractivity contribution in [3.63, 3.8) is 0 Å². The van der Waals surface area contributed by atoms with Crippen LogP contribution in [-0.2, 0) is 14.6 Å². The average Bonchev–Trinajstić information content (AvgIpc) is 3.21. The first-order valence-electron chi connectivity index (χ1n) is 7.27. The minimum Gasteiger partial charge on any atom is -0.348 e. The summed E-state index contributed by atoms with van der Waals surface area (Å²) in [6.45, 7) is 2.80. The van der Waals surface area contributed by atoms with Crippen molar-refractivity contribution in [2.45, 2.75) is 30.7 Å². The zero-order valence-corrected chi connectivity index (χ0v) is 14.8. The summed E-state index contributed by atoms with van der Waals surface area (Å²) in [5, 5.41) is 5.84. The quantitative estimate of drug-likeness (QED) is 0.774. The fourth-order valence-electron chi connectivity index (χ4n) is 2.17. The monoisotopic (exact) mass is 364 g/mol. The number of sulfone groups is 1. The number of halogens is 2. The molecule has 5 nitrogen and oxygen atoms in total. The molecule has 8 heteroatoms. The Bertz CT molecular complexity index is 663. The van der Waals surface area contributed by atoms with Gasteiger partial charge < -0.3 is 10.6 Å². The molecule has 0 bridgehead atoms. The maximum absolute atomic E-state index is 13.8. The van der Waals surface area contributed by atoms with Gasteiger partial charge in [-0.2, -0.15) is 0 Å². The summed E-state index contributed by atoms with van der Waals surface area (Å²) < 4.78 is 36.6. The normalized spacial score (nSPS) is 15.6. The molecule has 0 spiro atoms. The first kappa shape index (κ1) is 19.9. The number of nitrogens with one attached hydrogen (secondary N) is 2. The SMILES string of the molecule is CC(NC(=O)CNCC1CC1)c1ccc(S(C)(=O)=O)c(F)c1.Cl. The molecule has 2 N–H and O–H groups in total. The minimum absolute atomic E-state index is 0. The molecule has 1 unspecified atom stereocenters. The lowest BCUT2D eigenvalue weighted by Gasteiger charge is -2.15. The van der Waals surface area contributed by atoms with Crippen LogP contribution in [0, 0.1) is 11.7 Å². The smallest absolute Gasteiger partial charge is 0.234 e. The van der Waals surface area contributed by atoms with Crippen LogP contribution in [0.3, 0.4) is 0 Å². The molecule has 1 aliphatic rings. The standard InChI is InChI=1S/C15H21FN2O3S.ClH/c1-10(18-15(19)9-17-8-11-3-4-11)12-5-6-14(13(16)7-12)22(2,20)21;/h5-7,10-11,17H,3-4,8-9H2,1-2H3,(H,18,19);1H. The van der Waals surface area contributed by atoms with Gasteiger partial charge >= 0.3 is 0 Å². The molecule has 130 valence electrons. The first-order valence-corrected chi connectivity index (χ1v) is 9.16. The molecule has 1 saturated carbocycles. The Morgan fingerprint density at radius 1 is 1.39 bits per heavy atom. The molecule has 1 aromatic rings. The van der Waals surface area contributed by atoms with Gasteiger partial charge in [0.25, 0.3) is 0 Å². The van der Waals surface area contributed by atoms with E-state index in [9.17, 15) is 17.6 Å². The summed E-state index contributed by atoms with van der Waals surface area (Å²) in [5.74, 6) is -0.267. The van der Waals surface area contributed by atoms with E-state index >= 15 is 0 Å². The topological polar surface area (TPSA) is 75.3 Å². The Morgan fingerprint density at radius 2 is 2.04 bits per heavy atom. The van der Waals surface area contributed by atoms with E-state index in [0.717, 1.165) is 18.9 Å². The van der Waals surface area contributed by atoms with Crippen molar-refractivity contribution in [3.8, 4) is 0 Å². The summed E-state index contributed by atoms with van der Waals surface area (Å²) >= 11 is 0. The third kappa shape index (κ3) is 6.08.